The number of benzene rings is 2. The molecule has 3 nitrogen and oxygen atoms in total. The zero-order chi connectivity index (χ0) is 17.6. The van der Waals surface area contributed by atoms with Crippen molar-refractivity contribution in [2.75, 3.05) is 18.9 Å². The van der Waals surface area contributed by atoms with Crippen molar-refractivity contribution in [1.29, 1.82) is 0 Å². The Morgan fingerprint density at radius 2 is 1.92 bits per heavy atom. The quantitative estimate of drug-likeness (QED) is 0.755. The summed E-state index contributed by atoms with van der Waals surface area (Å²) in [7, 11) is 2.23. The highest BCUT2D eigenvalue weighted by molar-refractivity contribution is 9.10. The van der Waals surface area contributed by atoms with E-state index < -0.39 is 0 Å². The van der Waals surface area contributed by atoms with Crippen LogP contribution in [0, 0.1) is 0 Å². The third-order valence-electron chi connectivity index (χ3n) is 5.04. The lowest BCUT2D eigenvalue weighted by molar-refractivity contribution is 0.102. The first kappa shape index (κ1) is 18.2. The summed E-state index contributed by atoms with van der Waals surface area (Å²) in [6.07, 6.45) is 6.06. The Kier molecular flexibility index (Phi) is 6.27. The molecule has 1 unspecified atom stereocenters. The molecule has 0 saturated carbocycles. The molecule has 25 heavy (non-hydrogen) atoms. The maximum atomic E-state index is 12.5. The number of hydrogen-bond donors (Lipinski definition) is 1. The van der Waals surface area contributed by atoms with Gasteiger partial charge in [-0.3, -0.25) is 4.79 Å². The van der Waals surface area contributed by atoms with E-state index in [2.05, 4.69) is 45.3 Å². The lowest BCUT2D eigenvalue weighted by Gasteiger charge is -2.32. The van der Waals surface area contributed by atoms with Gasteiger partial charge in [0.2, 0.25) is 0 Å². The Hall–Kier alpha value is -1.65. The van der Waals surface area contributed by atoms with Gasteiger partial charge in [-0.2, -0.15) is 0 Å². The zero-order valence-corrected chi connectivity index (χ0v) is 16.3. The van der Waals surface area contributed by atoms with Crippen LogP contribution in [0.2, 0.25) is 0 Å². The van der Waals surface area contributed by atoms with E-state index in [0.29, 0.717) is 11.6 Å². The van der Waals surface area contributed by atoms with Gasteiger partial charge in [0.1, 0.15) is 0 Å². The first-order valence-corrected chi connectivity index (χ1v) is 9.78. The predicted molar refractivity (Wildman–Crippen MR) is 107 cm³/mol. The van der Waals surface area contributed by atoms with Gasteiger partial charge in [-0.1, -0.05) is 40.5 Å². The lowest BCUT2D eigenvalue weighted by Crippen LogP contribution is -2.36. The maximum Gasteiger partial charge on any atom is 0.255 e. The molecular weight excluding hydrogens is 376 g/mol. The summed E-state index contributed by atoms with van der Waals surface area (Å²) in [5, 5.41) is 3.08. The molecule has 0 spiro atoms. The fourth-order valence-electron chi connectivity index (χ4n) is 3.49. The van der Waals surface area contributed by atoms with E-state index in [-0.39, 0.29) is 5.91 Å². The van der Waals surface area contributed by atoms with Gasteiger partial charge in [0.25, 0.3) is 5.91 Å². The first-order valence-electron chi connectivity index (χ1n) is 8.98. The molecule has 2 aromatic rings. The van der Waals surface area contributed by atoms with Crippen molar-refractivity contribution in [2.45, 2.75) is 38.1 Å². The summed E-state index contributed by atoms with van der Waals surface area (Å²) < 4.78 is 0.973. The average Bonchev–Trinajstić information content (AvgIpc) is 2.62. The van der Waals surface area contributed by atoms with Gasteiger partial charge in [0.15, 0.2) is 0 Å². The number of amides is 1. The molecule has 132 valence electrons. The van der Waals surface area contributed by atoms with Crippen molar-refractivity contribution in [3.63, 3.8) is 0 Å². The smallest absolute Gasteiger partial charge is 0.255 e. The number of likely N-dealkylation sites (tertiary alicyclic amines) is 1. The van der Waals surface area contributed by atoms with Crippen molar-refractivity contribution in [3.05, 3.63) is 64.1 Å². The summed E-state index contributed by atoms with van der Waals surface area (Å²) in [5.41, 5.74) is 2.81. The van der Waals surface area contributed by atoms with Gasteiger partial charge >= 0.3 is 0 Å². The first-order chi connectivity index (χ1) is 12.1. The highest BCUT2D eigenvalue weighted by Gasteiger charge is 2.19. The van der Waals surface area contributed by atoms with Gasteiger partial charge < -0.3 is 10.2 Å². The Balaban J connectivity index is 1.66. The number of nitrogens with zero attached hydrogens (tertiary/aromatic N) is 1. The van der Waals surface area contributed by atoms with Crippen LogP contribution in [0.15, 0.2) is 53.0 Å². The zero-order valence-electron chi connectivity index (χ0n) is 14.7. The van der Waals surface area contributed by atoms with E-state index in [1.807, 2.05) is 36.4 Å². The van der Waals surface area contributed by atoms with Gasteiger partial charge in [-0.05, 0) is 75.2 Å². The Bertz CT molecular complexity index is 714. The van der Waals surface area contributed by atoms with Crippen LogP contribution in [0.5, 0.6) is 0 Å². The van der Waals surface area contributed by atoms with Crippen LogP contribution in [-0.4, -0.2) is 30.4 Å². The number of anilines is 1. The summed E-state index contributed by atoms with van der Waals surface area (Å²) in [4.78, 5) is 15.0. The molecule has 1 saturated heterocycles. The highest BCUT2D eigenvalue weighted by atomic mass is 79.9. The summed E-state index contributed by atoms with van der Waals surface area (Å²) in [5.74, 6) is -0.0604. The third-order valence-corrected chi connectivity index (χ3v) is 5.57. The molecule has 1 aliphatic rings. The lowest BCUT2D eigenvalue weighted by atomic mass is 9.96. The van der Waals surface area contributed by atoms with E-state index >= 15 is 0 Å². The number of carbonyl (C=O) groups excluding carboxylic acids is 1. The second kappa shape index (κ2) is 8.63. The van der Waals surface area contributed by atoms with Crippen LogP contribution in [0.4, 0.5) is 5.69 Å². The number of hydrogen-bond acceptors (Lipinski definition) is 2. The molecule has 0 radical (unpaired) electrons. The number of aryl methyl sites for hydroxylation is 1. The maximum absolute atomic E-state index is 12.5. The Morgan fingerprint density at radius 3 is 2.68 bits per heavy atom. The summed E-state index contributed by atoms with van der Waals surface area (Å²) in [6.45, 7) is 1.20. The Labute approximate surface area is 158 Å². The molecule has 1 aliphatic heterocycles. The molecule has 2 aromatic carbocycles. The monoisotopic (exact) mass is 400 g/mol. The third kappa shape index (κ3) is 4.93. The molecule has 0 aromatic heterocycles. The van der Waals surface area contributed by atoms with Crippen LogP contribution in [-0.2, 0) is 6.42 Å². The van der Waals surface area contributed by atoms with Gasteiger partial charge in [-0.15, -0.1) is 0 Å². The minimum absolute atomic E-state index is 0.0604. The normalized spacial score (nSPS) is 18.1. The molecule has 3 rings (SSSR count). The summed E-state index contributed by atoms with van der Waals surface area (Å²) in [6, 6.07) is 16.3. The number of halogens is 1. The second-order valence-corrected chi connectivity index (χ2v) is 7.70. The fourth-order valence-corrected chi connectivity index (χ4v) is 3.75. The molecule has 4 heteroatoms. The van der Waals surface area contributed by atoms with E-state index in [1.54, 1.807) is 0 Å². The van der Waals surface area contributed by atoms with Crippen molar-refractivity contribution in [2.24, 2.45) is 0 Å². The SMILES string of the molecule is CN1CCCCC1CCc1ccccc1NC(=O)c1ccc(Br)cc1. The number of carbonyl (C=O) groups is 1. The minimum Gasteiger partial charge on any atom is -0.322 e. The molecule has 0 aliphatic carbocycles. The van der Waals surface area contributed by atoms with Crippen molar-refractivity contribution in [1.82, 2.24) is 4.90 Å². The van der Waals surface area contributed by atoms with Crippen LogP contribution in [0.1, 0.15) is 41.6 Å². The number of nitrogens with one attached hydrogen (secondary N) is 1. The van der Waals surface area contributed by atoms with Gasteiger partial charge in [0, 0.05) is 21.8 Å². The van der Waals surface area contributed by atoms with Crippen molar-refractivity contribution >= 4 is 27.5 Å². The van der Waals surface area contributed by atoms with E-state index in [9.17, 15) is 4.79 Å². The largest absolute Gasteiger partial charge is 0.322 e. The van der Waals surface area contributed by atoms with Gasteiger partial charge in [0.05, 0.1) is 0 Å². The predicted octanol–water partition coefficient (Wildman–Crippen LogP) is 5.12. The molecule has 1 heterocycles. The van der Waals surface area contributed by atoms with Crippen LogP contribution in [0.25, 0.3) is 0 Å². The molecular formula is C21H25BrN2O. The average molecular weight is 401 g/mol. The topological polar surface area (TPSA) is 32.3 Å². The minimum atomic E-state index is -0.0604. The second-order valence-electron chi connectivity index (χ2n) is 6.79. The Morgan fingerprint density at radius 1 is 1.16 bits per heavy atom. The number of piperidine rings is 1. The van der Waals surface area contributed by atoms with E-state index in [0.717, 1.165) is 23.0 Å². The number of rotatable bonds is 5. The van der Waals surface area contributed by atoms with E-state index in [1.165, 1.54) is 31.4 Å². The standard InChI is InChI=1S/C21H25BrN2O/c1-24-15-5-4-7-19(24)14-11-16-6-2-3-8-20(16)23-21(25)17-9-12-18(22)13-10-17/h2-3,6,8-10,12-13,19H,4-5,7,11,14-15H2,1H3,(H,23,25). The molecule has 1 fully saturated rings. The molecule has 0 bridgehead atoms. The van der Waals surface area contributed by atoms with Crippen molar-refractivity contribution < 1.29 is 4.79 Å². The van der Waals surface area contributed by atoms with Crippen LogP contribution < -0.4 is 5.32 Å². The number of para-hydroxylation sites is 1. The van der Waals surface area contributed by atoms with Crippen LogP contribution in [0.3, 0.4) is 0 Å². The fraction of sp³-hybridized carbons (Fsp3) is 0.381. The van der Waals surface area contributed by atoms with Gasteiger partial charge in [-0.25, -0.2) is 0 Å². The molecule has 1 atom stereocenters. The molecule has 1 N–H and O–H groups in total. The highest BCUT2D eigenvalue weighted by Crippen LogP contribution is 2.23. The van der Waals surface area contributed by atoms with Crippen molar-refractivity contribution in [3.8, 4) is 0 Å². The van der Waals surface area contributed by atoms with E-state index in [4.69, 9.17) is 0 Å². The summed E-state index contributed by atoms with van der Waals surface area (Å²) >= 11 is 3.40. The van der Waals surface area contributed by atoms with Crippen LogP contribution >= 0.6 is 15.9 Å². The molecule has 1 amide bonds.